The Morgan fingerprint density at radius 1 is 0.900 bits per heavy atom. The van der Waals surface area contributed by atoms with E-state index in [-0.39, 0.29) is 25.3 Å². The third kappa shape index (κ3) is 3.86. The second-order valence-electron chi connectivity index (χ2n) is 6.81. The van der Waals surface area contributed by atoms with E-state index in [4.69, 9.17) is 0 Å². The van der Waals surface area contributed by atoms with Crippen LogP contribution in [0.1, 0.15) is 12.0 Å². The van der Waals surface area contributed by atoms with Crippen molar-refractivity contribution in [3.8, 4) is 0 Å². The molecule has 9 heteroatoms. The van der Waals surface area contributed by atoms with Crippen LogP contribution in [0.15, 0.2) is 64.3 Å². The average Bonchev–Trinajstić information content (AvgIpc) is 3.15. The summed E-state index contributed by atoms with van der Waals surface area (Å²) in [6.45, 7) is 0.0558. The zero-order valence-electron chi connectivity index (χ0n) is 15.9. The van der Waals surface area contributed by atoms with Crippen molar-refractivity contribution in [1.29, 1.82) is 0 Å². The van der Waals surface area contributed by atoms with E-state index in [0.29, 0.717) is 10.9 Å². The molecule has 0 spiro atoms. The van der Waals surface area contributed by atoms with Crippen LogP contribution >= 0.6 is 0 Å². The number of fused-ring (bicyclic) bond motifs is 2. The number of aryl methyl sites for hydroxylation is 1. The molecule has 0 saturated heterocycles. The van der Waals surface area contributed by atoms with Crippen molar-refractivity contribution in [3.63, 3.8) is 0 Å². The SMILES string of the molecule is O=C(CCn1c(=O)[nH]c(=O)c2ccccc21)NNC(=O)Cc1c[nH]c2ccccc12. The van der Waals surface area contributed by atoms with E-state index in [2.05, 4.69) is 20.8 Å². The summed E-state index contributed by atoms with van der Waals surface area (Å²) in [6.07, 6.45) is 1.82. The highest BCUT2D eigenvalue weighted by atomic mass is 16.2. The number of aromatic nitrogens is 3. The van der Waals surface area contributed by atoms with Gasteiger partial charge in [-0.2, -0.15) is 0 Å². The van der Waals surface area contributed by atoms with Gasteiger partial charge in [-0.15, -0.1) is 0 Å². The van der Waals surface area contributed by atoms with Crippen LogP contribution in [-0.2, 0) is 22.6 Å². The molecule has 0 radical (unpaired) electrons. The molecular weight excluding hydrogens is 386 g/mol. The molecule has 4 N–H and O–H groups in total. The molecule has 0 atom stereocenters. The van der Waals surface area contributed by atoms with Crippen molar-refractivity contribution in [2.45, 2.75) is 19.4 Å². The third-order valence-corrected chi connectivity index (χ3v) is 4.83. The summed E-state index contributed by atoms with van der Waals surface area (Å²) in [4.78, 5) is 53.6. The summed E-state index contributed by atoms with van der Waals surface area (Å²) < 4.78 is 1.32. The van der Waals surface area contributed by atoms with Crippen LogP contribution in [0.2, 0.25) is 0 Å². The van der Waals surface area contributed by atoms with Gasteiger partial charge in [0.05, 0.1) is 17.3 Å². The van der Waals surface area contributed by atoms with Gasteiger partial charge >= 0.3 is 5.69 Å². The minimum Gasteiger partial charge on any atom is -0.361 e. The highest BCUT2D eigenvalue weighted by molar-refractivity contribution is 5.89. The lowest BCUT2D eigenvalue weighted by Gasteiger charge is -2.10. The van der Waals surface area contributed by atoms with Gasteiger partial charge in [-0.25, -0.2) is 4.79 Å². The fourth-order valence-corrected chi connectivity index (χ4v) is 3.37. The van der Waals surface area contributed by atoms with Gasteiger partial charge in [-0.05, 0) is 23.8 Å². The average molecular weight is 405 g/mol. The summed E-state index contributed by atoms with van der Waals surface area (Å²) in [5.41, 5.74) is 5.88. The number of aromatic amines is 2. The highest BCUT2D eigenvalue weighted by Crippen LogP contribution is 2.17. The number of rotatable bonds is 5. The Hall–Kier alpha value is -4.14. The number of hydrazine groups is 1. The van der Waals surface area contributed by atoms with Crippen molar-refractivity contribution >= 4 is 33.6 Å². The fraction of sp³-hybridized carbons (Fsp3) is 0.143. The summed E-state index contributed by atoms with van der Waals surface area (Å²) in [6, 6.07) is 14.3. The minimum absolute atomic E-state index is 0.0523. The molecule has 0 unspecified atom stereocenters. The van der Waals surface area contributed by atoms with Crippen LogP contribution in [0.25, 0.3) is 21.8 Å². The molecule has 2 amide bonds. The van der Waals surface area contributed by atoms with Crippen molar-refractivity contribution in [2.24, 2.45) is 0 Å². The van der Waals surface area contributed by atoms with Crippen LogP contribution < -0.4 is 22.1 Å². The molecule has 0 saturated carbocycles. The summed E-state index contributed by atoms with van der Waals surface area (Å²) >= 11 is 0. The normalized spacial score (nSPS) is 10.9. The number of carbonyl (C=O) groups is 2. The molecule has 9 nitrogen and oxygen atoms in total. The molecule has 4 aromatic rings. The van der Waals surface area contributed by atoms with Gasteiger partial charge in [-0.1, -0.05) is 30.3 Å². The van der Waals surface area contributed by atoms with Gasteiger partial charge in [0, 0.05) is 30.1 Å². The number of para-hydroxylation sites is 2. The summed E-state index contributed by atoms with van der Waals surface area (Å²) in [5.74, 6) is -0.816. The monoisotopic (exact) mass is 405 g/mol. The van der Waals surface area contributed by atoms with Crippen LogP contribution in [-0.4, -0.2) is 26.3 Å². The van der Waals surface area contributed by atoms with Crippen molar-refractivity contribution in [1.82, 2.24) is 25.4 Å². The lowest BCUT2D eigenvalue weighted by Crippen LogP contribution is -2.43. The Morgan fingerprint density at radius 3 is 2.43 bits per heavy atom. The number of H-pyrrole nitrogens is 2. The lowest BCUT2D eigenvalue weighted by molar-refractivity contribution is -0.128. The predicted molar refractivity (Wildman–Crippen MR) is 112 cm³/mol. The first-order chi connectivity index (χ1) is 14.5. The van der Waals surface area contributed by atoms with E-state index in [1.807, 2.05) is 24.3 Å². The van der Waals surface area contributed by atoms with E-state index in [1.165, 1.54) is 4.57 Å². The Labute approximate surface area is 169 Å². The van der Waals surface area contributed by atoms with E-state index in [9.17, 15) is 19.2 Å². The first-order valence-electron chi connectivity index (χ1n) is 9.37. The molecule has 0 fully saturated rings. The standard InChI is InChI=1S/C21H19N5O4/c27-18(9-10-26-17-8-4-2-6-15(17)20(29)23-21(26)30)24-25-19(28)11-13-12-22-16-7-3-1-5-14(13)16/h1-8,12,22H,9-11H2,(H,24,27)(H,25,28)(H,23,29,30). The number of carbonyl (C=O) groups excluding carboxylic acids is 2. The molecular formula is C21H19N5O4. The molecule has 2 aromatic carbocycles. The quantitative estimate of drug-likeness (QED) is 0.369. The summed E-state index contributed by atoms with van der Waals surface area (Å²) in [7, 11) is 0. The minimum atomic E-state index is -0.588. The van der Waals surface area contributed by atoms with E-state index < -0.39 is 17.2 Å². The Morgan fingerprint density at radius 2 is 1.60 bits per heavy atom. The van der Waals surface area contributed by atoms with Gasteiger partial charge in [0.2, 0.25) is 11.8 Å². The van der Waals surface area contributed by atoms with E-state index in [0.717, 1.165) is 16.5 Å². The maximum atomic E-state index is 12.2. The molecule has 2 aromatic heterocycles. The van der Waals surface area contributed by atoms with Crippen LogP contribution in [0.3, 0.4) is 0 Å². The molecule has 0 aliphatic heterocycles. The van der Waals surface area contributed by atoms with Crippen LogP contribution in [0.5, 0.6) is 0 Å². The number of amides is 2. The number of benzene rings is 2. The lowest BCUT2D eigenvalue weighted by atomic mass is 10.1. The maximum Gasteiger partial charge on any atom is 0.328 e. The zero-order valence-corrected chi connectivity index (χ0v) is 15.9. The number of nitrogens with zero attached hydrogens (tertiary/aromatic N) is 1. The first kappa shape index (κ1) is 19.2. The van der Waals surface area contributed by atoms with Gasteiger partial charge in [0.1, 0.15) is 0 Å². The van der Waals surface area contributed by atoms with Crippen LogP contribution in [0, 0.1) is 0 Å². The van der Waals surface area contributed by atoms with Crippen molar-refractivity contribution in [2.75, 3.05) is 0 Å². The fourth-order valence-electron chi connectivity index (χ4n) is 3.37. The predicted octanol–water partition coefficient (Wildman–Crippen LogP) is 0.951. The van der Waals surface area contributed by atoms with Crippen molar-refractivity contribution in [3.05, 3.63) is 81.1 Å². The van der Waals surface area contributed by atoms with Gasteiger partial charge in [-0.3, -0.25) is 34.8 Å². The zero-order chi connectivity index (χ0) is 21.1. The topological polar surface area (TPSA) is 129 Å². The molecule has 152 valence electrons. The molecule has 0 aliphatic rings. The molecule has 0 bridgehead atoms. The molecule has 2 heterocycles. The molecule has 4 rings (SSSR count). The Balaban J connectivity index is 1.36. The summed E-state index contributed by atoms with van der Waals surface area (Å²) in [5, 5.41) is 1.31. The largest absolute Gasteiger partial charge is 0.361 e. The Bertz CT molecular complexity index is 1370. The Kier molecular flexibility index (Phi) is 5.17. The molecule has 30 heavy (non-hydrogen) atoms. The highest BCUT2D eigenvalue weighted by Gasteiger charge is 2.11. The maximum absolute atomic E-state index is 12.2. The van der Waals surface area contributed by atoms with Gasteiger partial charge in [0.25, 0.3) is 5.56 Å². The molecule has 0 aliphatic carbocycles. The number of nitrogens with one attached hydrogen (secondary N) is 4. The smallest absolute Gasteiger partial charge is 0.328 e. The third-order valence-electron chi connectivity index (χ3n) is 4.83. The van der Waals surface area contributed by atoms with Gasteiger partial charge in [0.15, 0.2) is 0 Å². The number of hydrogen-bond acceptors (Lipinski definition) is 4. The number of hydrogen-bond donors (Lipinski definition) is 4. The van der Waals surface area contributed by atoms with Crippen LogP contribution in [0.4, 0.5) is 0 Å². The first-order valence-corrected chi connectivity index (χ1v) is 9.37. The second kappa shape index (κ2) is 8.08. The second-order valence-corrected chi connectivity index (χ2v) is 6.81. The van der Waals surface area contributed by atoms with Crippen molar-refractivity contribution < 1.29 is 9.59 Å². The van der Waals surface area contributed by atoms with Gasteiger partial charge < -0.3 is 4.98 Å². The van der Waals surface area contributed by atoms with E-state index in [1.54, 1.807) is 30.5 Å². The van der Waals surface area contributed by atoms with E-state index >= 15 is 0 Å².